The number of aryl methyl sites for hydroxylation is 1. The van der Waals surface area contributed by atoms with Crippen molar-refractivity contribution in [3.05, 3.63) is 29.8 Å². The Hall–Kier alpha value is -1.51. The zero-order valence-corrected chi connectivity index (χ0v) is 9.49. The zero-order valence-electron chi connectivity index (χ0n) is 9.49. The second kappa shape index (κ2) is 7.85. The molecule has 0 bridgehead atoms. The van der Waals surface area contributed by atoms with Crippen molar-refractivity contribution in [2.45, 2.75) is 26.7 Å². The van der Waals surface area contributed by atoms with Crippen molar-refractivity contribution in [3.63, 3.8) is 0 Å². The average Bonchev–Trinajstić information content (AvgIpc) is 2.29. The normalized spacial score (nSPS) is 8.73. The third kappa shape index (κ3) is 5.73. The molecule has 3 heteroatoms. The van der Waals surface area contributed by atoms with Crippen LogP contribution in [0.3, 0.4) is 0 Å². The lowest BCUT2D eigenvalue weighted by Gasteiger charge is -2.00. The standard InChI is InChI=1S/C10H12O3.C2H6/c1-13-10(12)6-5-8-3-2-4-9(11)7-8;1-2/h2-4,7,11H,5-6H2,1H3;1-2H3. The van der Waals surface area contributed by atoms with Crippen LogP contribution in [-0.2, 0) is 16.0 Å². The number of phenols is 1. The Labute approximate surface area is 90.7 Å². The molecule has 15 heavy (non-hydrogen) atoms. The molecular weight excluding hydrogens is 192 g/mol. The number of benzene rings is 1. The second-order valence-electron chi connectivity index (χ2n) is 2.75. The third-order valence-corrected chi connectivity index (χ3v) is 1.76. The molecule has 0 amide bonds. The van der Waals surface area contributed by atoms with Crippen molar-refractivity contribution in [1.29, 1.82) is 0 Å². The highest BCUT2D eigenvalue weighted by Gasteiger charge is 2.01. The first-order valence-electron chi connectivity index (χ1n) is 5.07. The van der Waals surface area contributed by atoms with Gasteiger partial charge in [0, 0.05) is 6.42 Å². The first-order chi connectivity index (χ1) is 7.22. The minimum Gasteiger partial charge on any atom is -0.508 e. The van der Waals surface area contributed by atoms with E-state index in [1.54, 1.807) is 18.2 Å². The summed E-state index contributed by atoms with van der Waals surface area (Å²) >= 11 is 0. The maximum Gasteiger partial charge on any atom is 0.305 e. The van der Waals surface area contributed by atoms with Crippen LogP contribution in [0, 0.1) is 0 Å². The molecular formula is C12H18O3. The minimum atomic E-state index is -0.233. The van der Waals surface area contributed by atoms with E-state index in [2.05, 4.69) is 4.74 Å². The Bertz CT molecular complexity index is 295. The van der Waals surface area contributed by atoms with Crippen LogP contribution in [0.2, 0.25) is 0 Å². The zero-order chi connectivity index (χ0) is 11.7. The number of carbonyl (C=O) groups is 1. The Morgan fingerprint density at radius 2 is 2.07 bits per heavy atom. The van der Waals surface area contributed by atoms with Crippen molar-refractivity contribution >= 4 is 5.97 Å². The Morgan fingerprint density at radius 1 is 1.40 bits per heavy atom. The van der Waals surface area contributed by atoms with E-state index in [1.807, 2.05) is 19.9 Å². The van der Waals surface area contributed by atoms with Gasteiger partial charge in [-0.2, -0.15) is 0 Å². The lowest BCUT2D eigenvalue weighted by molar-refractivity contribution is -0.140. The Kier molecular flexibility index (Phi) is 7.06. The molecule has 1 rings (SSSR count). The van der Waals surface area contributed by atoms with E-state index in [0.29, 0.717) is 12.8 Å². The van der Waals surface area contributed by atoms with Gasteiger partial charge in [-0.15, -0.1) is 0 Å². The van der Waals surface area contributed by atoms with Crippen molar-refractivity contribution in [2.24, 2.45) is 0 Å². The van der Waals surface area contributed by atoms with Crippen molar-refractivity contribution in [3.8, 4) is 5.75 Å². The maximum atomic E-state index is 10.8. The largest absolute Gasteiger partial charge is 0.508 e. The minimum absolute atomic E-state index is 0.224. The van der Waals surface area contributed by atoms with Gasteiger partial charge in [0.05, 0.1) is 7.11 Å². The maximum absolute atomic E-state index is 10.8. The molecule has 0 aliphatic carbocycles. The summed E-state index contributed by atoms with van der Waals surface area (Å²) in [4.78, 5) is 10.8. The molecule has 0 heterocycles. The molecule has 0 aromatic heterocycles. The summed E-state index contributed by atoms with van der Waals surface area (Å²) in [6.45, 7) is 4.00. The SMILES string of the molecule is CC.COC(=O)CCc1cccc(O)c1. The molecule has 0 saturated heterocycles. The highest BCUT2D eigenvalue weighted by Crippen LogP contribution is 2.12. The molecule has 0 unspecified atom stereocenters. The summed E-state index contributed by atoms with van der Waals surface area (Å²) in [5, 5.41) is 9.12. The van der Waals surface area contributed by atoms with Crippen molar-refractivity contribution in [1.82, 2.24) is 0 Å². The number of hydrogen-bond donors (Lipinski definition) is 1. The number of rotatable bonds is 3. The lowest BCUT2D eigenvalue weighted by atomic mass is 10.1. The van der Waals surface area contributed by atoms with E-state index < -0.39 is 0 Å². The van der Waals surface area contributed by atoms with Crippen LogP contribution in [0.1, 0.15) is 25.8 Å². The van der Waals surface area contributed by atoms with Gasteiger partial charge in [-0.1, -0.05) is 26.0 Å². The summed E-state index contributed by atoms with van der Waals surface area (Å²) in [6, 6.07) is 6.86. The second-order valence-corrected chi connectivity index (χ2v) is 2.75. The van der Waals surface area contributed by atoms with Crippen LogP contribution in [0.15, 0.2) is 24.3 Å². The van der Waals surface area contributed by atoms with Crippen LogP contribution >= 0.6 is 0 Å². The fraction of sp³-hybridized carbons (Fsp3) is 0.417. The number of hydrogen-bond acceptors (Lipinski definition) is 3. The monoisotopic (exact) mass is 210 g/mol. The van der Waals surface area contributed by atoms with Gasteiger partial charge in [-0.05, 0) is 24.1 Å². The van der Waals surface area contributed by atoms with Crippen LogP contribution in [0.4, 0.5) is 0 Å². The summed E-state index contributed by atoms with van der Waals surface area (Å²) in [7, 11) is 1.37. The van der Waals surface area contributed by atoms with E-state index in [1.165, 1.54) is 7.11 Å². The van der Waals surface area contributed by atoms with E-state index in [0.717, 1.165) is 5.56 Å². The van der Waals surface area contributed by atoms with Crippen LogP contribution in [0.5, 0.6) is 5.75 Å². The molecule has 3 nitrogen and oxygen atoms in total. The van der Waals surface area contributed by atoms with Crippen molar-refractivity contribution in [2.75, 3.05) is 7.11 Å². The number of aromatic hydroxyl groups is 1. The lowest BCUT2D eigenvalue weighted by Crippen LogP contribution is -2.01. The molecule has 0 aliphatic heterocycles. The van der Waals surface area contributed by atoms with Crippen LogP contribution in [0.25, 0.3) is 0 Å². The number of phenolic OH excluding ortho intramolecular Hbond substituents is 1. The van der Waals surface area contributed by atoms with Gasteiger partial charge < -0.3 is 9.84 Å². The molecule has 1 aromatic carbocycles. The molecule has 0 radical (unpaired) electrons. The van der Waals surface area contributed by atoms with Gasteiger partial charge in [-0.3, -0.25) is 4.79 Å². The fourth-order valence-electron chi connectivity index (χ4n) is 1.06. The first-order valence-corrected chi connectivity index (χ1v) is 5.07. The Balaban J connectivity index is 0.000000921. The smallest absolute Gasteiger partial charge is 0.305 e. The average molecular weight is 210 g/mol. The summed E-state index contributed by atoms with van der Waals surface area (Å²) in [6.07, 6.45) is 0.945. The highest BCUT2D eigenvalue weighted by atomic mass is 16.5. The predicted octanol–water partition coefficient (Wildman–Crippen LogP) is 2.52. The van der Waals surface area contributed by atoms with Gasteiger partial charge in [0.2, 0.25) is 0 Å². The molecule has 0 aliphatic rings. The highest BCUT2D eigenvalue weighted by molar-refractivity contribution is 5.69. The van der Waals surface area contributed by atoms with Gasteiger partial charge in [-0.25, -0.2) is 0 Å². The van der Waals surface area contributed by atoms with Gasteiger partial charge in [0.15, 0.2) is 0 Å². The number of esters is 1. The van der Waals surface area contributed by atoms with E-state index in [-0.39, 0.29) is 11.7 Å². The number of ether oxygens (including phenoxy) is 1. The van der Waals surface area contributed by atoms with Crippen LogP contribution < -0.4 is 0 Å². The third-order valence-electron chi connectivity index (χ3n) is 1.76. The first kappa shape index (κ1) is 13.5. The molecule has 1 aromatic rings. The molecule has 84 valence electrons. The van der Waals surface area contributed by atoms with E-state index in [4.69, 9.17) is 5.11 Å². The van der Waals surface area contributed by atoms with E-state index >= 15 is 0 Å². The number of carbonyl (C=O) groups excluding carboxylic acids is 1. The van der Waals surface area contributed by atoms with Gasteiger partial charge in [0.25, 0.3) is 0 Å². The molecule has 0 fully saturated rings. The summed E-state index contributed by atoms with van der Waals surface area (Å²) in [5.41, 5.74) is 0.936. The van der Waals surface area contributed by atoms with Gasteiger partial charge >= 0.3 is 5.97 Å². The summed E-state index contributed by atoms with van der Waals surface area (Å²) in [5.74, 6) is -0.00860. The molecule has 0 spiro atoms. The summed E-state index contributed by atoms with van der Waals surface area (Å²) < 4.78 is 4.50. The van der Waals surface area contributed by atoms with Crippen LogP contribution in [-0.4, -0.2) is 18.2 Å². The quantitative estimate of drug-likeness (QED) is 0.780. The van der Waals surface area contributed by atoms with E-state index in [9.17, 15) is 4.79 Å². The molecule has 0 saturated carbocycles. The number of methoxy groups -OCH3 is 1. The Morgan fingerprint density at radius 3 is 2.60 bits per heavy atom. The molecule has 0 atom stereocenters. The van der Waals surface area contributed by atoms with Crippen molar-refractivity contribution < 1.29 is 14.6 Å². The van der Waals surface area contributed by atoms with Gasteiger partial charge in [0.1, 0.15) is 5.75 Å². The molecule has 1 N–H and O–H groups in total. The predicted molar refractivity (Wildman–Crippen MR) is 59.8 cm³/mol. The topological polar surface area (TPSA) is 46.5 Å². The fourth-order valence-corrected chi connectivity index (χ4v) is 1.06.